The Kier molecular flexibility index (Phi) is 6.23. The summed E-state index contributed by atoms with van der Waals surface area (Å²) in [4.78, 5) is 0.942. The standard InChI is InChI=1S/C15H15BrCl2O2S/c1-3-19-12-7-9(11(18)8-13(12)20-4-2)14(16)15-10(17)5-6-21-15/h5-8,14H,3-4H2,1-2H3. The highest BCUT2D eigenvalue weighted by molar-refractivity contribution is 9.09. The third kappa shape index (κ3) is 3.86. The van der Waals surface area contributed by atoms with Gasteiger partial charge < -0.3 is 9.47 Å². The van der Waals surface area contributed by atoms with Gasteiger partial charge >= 0.3 is 0 Å². The highest BCUT2D eigenvalue weighted by atomic mass is 79.9. The number of benzene rings is 1. The average molecular weight is 410 g/mol. The SMILES string of the molecule is CCOc1cc(Cl)c(C(Br)c2sccc2Cl)cc1OCC. The minimum absolute atomic E-state index is 0.0765. The molecule has 114 valence electrons. The van der Waals surface area contributed by atoms with Gasteiger partial charge in [-0.05, 0) is 36.9 Å². The van der Waals surface area contributed by atoms with Crippen LogP contribution in [0.4, 0.5) is 0 Å². The Morgan fingerprint density at radius 2 is 1.71 bits per heavy atom. The molecule has 1 atom stereocenters. The van der Waals surface area contributed by atoms with E-state index in [1.54, 1.807) is 17.4 Å². The van der Waals surface area contributed by atoms with Gasteiger partial charge in [-0.1, -0.05) is 39.1 Å². The van der Waals surface area contributed by atoms with Crippen molar-refractivity contribution in [3.63, 3.8) is 0 Å². The fraction of sp³-hybridized carbons (Fsp3) is 0.333. The van der Waals surface area contributed by atoms with E-state index in [0.717, 1.165) is 15.5 Å². The van der Waals surface area contributed by atoms with E-state index in [1.807, 2.05) is 31.4 Å². The lowest BCUT2D eigenvalue weighted by Crippen LogP contribution is -2.01. The van der Waals surface area contributed by atoms with Crippen LogP contribution >= 0.6 is 50.5 Å². The topological polar surface area (TPSA) is 18.5 Å². The molecule has 2 aromatic rings. The largest absolute Gasteiger partial charge is 0.490 e. The zero-order valence-electron chi connectivity index (χ0n) is 11.7. The highest BCUT2D eigenvalue weighted by Crippen LogP contribution is 2.44. The van der Waals surface area contributed by atoms with Gasteiger partial charge in [0.15, 0.2) is 11.5 Å². The summed E-state index contributed by atoms with van der Waals surface area (Å²) in [6.07, 6.45) is 0. The molecule has 0 saturated heterocycles. The zero-order chi connectivity index (χ0) is 15.4. The van der Waals surface area contributed by atoms with Crippen molar-refractivity contribution in [3.8, 4) is 11.5 Å². The lowest BCUT2D eigenvalue weighted by molar-refractivity contribution is 0.287. The molecule has 1 heterocycles. The summed E-state index contributed by atoms with van der Waals surface area (Å²) < 4.78 is 11.2. The van der Waals surface area contributed by atoms with Crippen molar-refractivity contribution in [2.45, 2.75) is 18.7 Å². The number of ether oxygens (including phenoxy) is 2. The fourth-order valence-electron chi connectivity index (χ4n) is 1.91. The third-order valence-corrected chi connectivity index (χ3v) is 5.82. The summed E-state index contributed by atoms with van der Waals surface area (Å²) >= 11 is 17.9. The smallest absolute Gasteiger partial charge is 0.162 e. The van der Waals surface area contributed by atoms with Crippen molar-refractivity contribution < 1.29 is 9.47 Å². The van der Waals surface area contributed by atoms with E-state index >= 15 is 0 Å². The van der Waals surface area contributed by atoms with Crippen LogP contribution < -0.4 is 9.47 Å². The molecule has 2 nitrogen and oxygen atoms in total. The average Bonchev–Trinajstić information content (AvgIpc) is 2.87. The minimum atomic E-state index is -0.0765. The van der Waals surface area contributed by atoms with Crippen LogP contribution in [0.2, 0.25) is 10.0 Å². The molecule has 2 rings (SSSR count). The van der Waals surface area contributed by atoms with Crippen molar-refractivity contribution in [1.29, 1.82) is 0 Å². The molecular formula is C15H15BrCl2O2S. The van der Waals surface area contributed by atoms with Gasteiger partial charge in [0.2, 0.25) is 0 Å². The predicted octanol–water partition coefficient (Wildman–Crippen LogP) is 6.34. The summed E-state index contributed by atoms with van der Waals surface area (Å²) in [7, 11) is 0. The van der Waals surface area contributed by atoms with E-state index in [9.17, 15) is 0 Å². The molecule has 0 aliphatic rings. The summed E-state index contributed by atoms with van der Waals surface area (Å²) in [5.41, 5.74) is 0.910. The van der Waals surface area contributed by atoms with Crippen LogP contribution in [0.25, 0.3) is 0 Å². The number of hydrogen-bond donors (Lipinski definition) is 0. The van der Waals surface area contributed by atoms with Crippen molar-refractivity contribution in [2.75, 3.05) is 13.2 Å². The summed E-state index contributed by atoms with van der Waals surface area (Å²) in [5.74, 6) is 1.35. The summed E-state index contributed by atoms with van der Waals surface area (Å²) in [5, 5.41) is 3.30. The Hall–Kier alpha value is -0.420. The first kappa shape index (κ1) is 16.9. The molecule has 0 aliphatic heterocycles. The predicted molar refractivity (Wildman–Crippen MR) is 93.9 cm³/mol. The van der Waals surface area contributed by atoms with E-state index in [1.165, 1.54) is 0 Å². The van der Waals surface area contributed by atoms with Gasteiger partial charge in [-0.2, -0.15) is 0 Å². The number of hydrogen-bond acceptors (Lipinski definition) is 3. The molecule has 0 aliphatic carbocycles. The van der Waals surface area contributed by atoms with E-state index in [2.05, 4.69) is 15.9 Å². The van der Waals surface area contributed by atoms with E-state index < -0.39 is 0 Å². The zero-order valence-corrected chi connectivity index (χ0v) is 15.6. The molecule has 21 heavy (non-hydrogen) atoms. The molecule has 1 unspecified atom stereocenters. The summed E-state index contributed by atoms with van der Waals surface area (Å²) in [6.45, 7) is 4.99. The monoisotopic (exact) mass is 408 g/mol. The van der Waals surface area contributed by atoms with Crippen LogP contribution in [0.1, 0.15) is 29.1 Å². The maximum Gasteiger partial charge on any atom is 0.162 e. The second kappa shape index (κ2) is 7.73. The van der Waals surface area contributed by atoms with Crippen LogP contribution in [0.15, 0.2) is 23.6 Å². The fourth-order valence-corrected chi connectivity index (χ4v) is 4.54. The lowest BCUT2D eigenvalue weighted by atomic mass is 10.1. The number of alkyl halides is 1. The molecular weight excluding hydrogens is 395 g/mol. The van der Waals surface area contributed by atoms with Crippen molar-refractivity contribution in [3.05, 3.63) is 44.1 Å². The van der Waals surface area contributed by atoms with Crippen LogP contribution in [-0.2, 0) is 0 Å². The minimum Gasteiger partial charge on any atom is -0.490 e. The van der Waals surface area contributed by atoms with Crippen LogP contribution in [0, 0.1) is 0 Å². The molecule has 0 spiro atoms. The van der Waals surface area contributed by atoms with Crippen LogP contribution in [-0.4, -0.2) is 13.2 Å². The molecule has 0 radical (unpaired) electrons. The van der Waals surface area contributed by atoms with E-state index in [-0.39, 0.29) is 4.83 Å². The Labute approximate surface area is 147 Å². The molecule has 1 aromatic carbocycles. The first-order valence-corrected chi connectivity index (χ1v) is 9.09. The highest BCUT2D eigenvalue weighted by Gasteiger charge is 2.21. The number of thiophene rings is 1. The second-order valence-corrected chi connectivity index (χ2v) is 6.86. The molecule has 1 aromatic heterocycles. The maximum absolute atomic E-state index is 6.40. The lowest BCUT2D eigenvalue weighted by Gasteiger charge is -2.17. The van der Waals surface area contributed by atoms with Crippen molar-refractivity contribution in [1.82, 2.24) is 0 Å². The van der Waals surface area contributed by atoms with E-state index in [0.29, 0.717) is 29.7 Å². The molecule has 0 N–H and O–H groups in total. The van der Waals surface area contributed by atoms with Crippen molar-refractivity contribution >= 4 is 50.5 Å². The van der Waals surface area contributed by atoms with Crippen LogP contribution in [0.5, 0.6) is 11.5 Å². The summed E-state index contributed by atoms with van der Waals surface area (Å²) in [6, 6.07) is 5.58. The Morgan fingerprint density at radius 3 is 2.24 bits per heavy atom. The van der Waals surface area contributed by atoms with Crippen LogP contribution in [0.3, 0.4) is 0 Å². The Morgan fingerprint density at radius 1 is 1.10 bits per heavy atom. The molecule has 0 saturated carbocycles. The van der Waals surface area contributed by atoms with Gasteiger partial charge in [-0.3, -0.25) is 0 Å². The van der Waals surface area contributed by atoms with Gasteiger partial charge in [-0.25, -0.2) is 0 Å². The van der Waals surface area contributed by atoms with Gasteiger partial charge in [0.1, 0.15) is 0 Å². The molecule has 0 fully saturated rings. The van der Waals surface area contributed by atoms with E-state index in [4.69, 9.17) is 32.7 Å². The molecule has 0 bridgehead atoms. The Bertz CT molecular complexity index is 616. The molecule has 0 amide bonds. The van der Waals surface area contributed by atoms with Gasteiger partial charge in [0, 0.05) is 16.0 Å². The third-order valence-electron chi connectivity index (χ3n) is 2.81. The van der Waals surface area contributed by atoms with Crippen molar-refractivity contribution in [2.24, 2.45) is 0 Å². The quantitative estimate of drug-likeness (QED) is 0.518. The maximum atomic E-state index is 6.40. The molecule has 6 heteroatoms. The normalized spacial score (nSPS) is 12.2. The first-order chi connectivity index (χ1) is 10.1. The van der Waals surface area contributed by atoms with Gasteiger partial charge in [0.25, 0.3) is 0 Å². The number of rotatable bonds is 6. The number of halogens is 3. The Balaban J connectivity index is 2.44. The first-order valence-electron chi connectivity index (χ1n) is 6.54. The second-order valence-electron chi connectivity index (χ2n) is 4.18. The van der Waals surface area contributed by atoms with Gasteiger partial charge in [-0.15, -0.1) is 11.3 Å². The van der Waals surface area contributed by atoms with Gasteiger partial charge in [0.05, 0.1) is 23.1 Å².